The fourth-order valence-electron chi connectivity index (χ4n) is 2.93. The number of benzene rings is 2. The number of halogens is 1. The zero-order valence-corrected chi connectivity index (χ0v) is 16.7. The quantitative estimate of drug-likeness (QED) is 0.684. The van der Waals surface area contributed by atoms with E-state index in [0.717, 1.165) is 0 Å². The molecule has 30 heavy (non-hydrogen) atoms. The van der Waals surface area contributed by atoms with Crippen LogP contribution in [-0.2, 0) is 9.53 Å². The molecule has 0 saturated carbocycles. The Balaban J connectivity index is 1.50. The third-order valence-corrected chi connectivity index (χ3v) is 4.62. The Kier molecular flexibility index (Phi) is 5.45. The van der Waals surface area contributed by atoms with Gasteiger partial charge in [0.05, 0.1) is 0 Å². The van der Waals surface area contributed by atoms with E-state index >= 15 is 0 Å². The first-order valence-corrected chi connectivity index (χ1v) is 9.52. The van der Waals surface area contributed by atoms with Gasteiger partial charge in [0.1, 0.15) is 5.69 Å². The molecule has 0 radical (unpaired) electrons. The van der Waals surface area contributed by atoms with Crippen molar-refractivity contribution in [2.45, 2.75) is 13.2 Å². The molecule has 0 saturated heterocycles. The second-order valence-corrected chi connectivity index (χ2v) is 6.97. The summed E-state index contributed by atoms with van der Waals surface area (Å²) >= 11 is 5.94. The van der Waals surface area contributed by atoms with Crippen molar-refractivity contribution in [2.24, 2.45) is 5.10 Å². The summed E-state index contributed by atoms with van der Waals surface area (Å²) in [4.78, 5) is 28.6. The highest BCUT2D eigenvalue weighted by Crippen LogP contribution is 2.29. The van der Waals surface area contributed by atoms with Crippen LogP contribution in [0.1, 0.15) is 34.8 Å². The van der Waals surface area contributed by atoms with Crippen LogP contribution < -0.4 is 5.32 Å². The van der Waals surface area contributed by atoms with Gasteiger partial charge in [-0.25, -0.2) is 0 Å². The third-order valence-electron chi connectivity index (χ3n) is 4.38. The minimum Gasteiger partial charge on any atom is -0.444 e. The lowest BCUT2D eigenvalue weighted by atomic mass is 10.2. The van der Waals surface area contributed by atoms with Crippen LogP contribution in [0.4, 0.5) is 5.69 Å². The van der Waals surface area contributed by atoms with Crippen LogP contribution in [0.2, 0.25) is 5.02 Å². The summed E-state index contributed by atoms with van der Waals surface area (Å²) in [6, 6.07) is 19.1. The molecule has 2 amide bonds. The van der Waals surface area contributed by atoms with Crippen LogP contribution in [0.3, 0.4) is 0 Å². The lowest BCUT2D eigenvalue weighted by molar-refractivity contribution is -0.135. The van der Waals surface area contributed by atoms with E-state index in [4.69, 9.17) is 16.3 Å². The molecule has 2 heterocycles. The SMILES string of the molecule is CC(=O)N1N=C(c2ccc(NC(=O)c3cccc(Cl)c3)cc2)O[C@H]1c1ccccn1. The number of aromatic nitrogens is 1. The molecule has 1 N–H and O–H groups in total. The number of ether oxygens (including phenoxy) is 1. The van der Waals surface area contributed by atoms with Crippen molar-refractivity contribution in [3.8, 4) is 0 Å². The van der Waals surface area contributed by atoms with Gasteiger partial charge in [-0.3, -0.25) is 14.6 Å². The predicted octanol–water partition coefficient (Wildman–Crippen LogP) is 4.23. The maximum absolute atomic E-state index is 12.4. The molecule has 0 fully saturated rings. The summed E-state index contributed by atoms with van der Waals surface area (Å²) in [5.74, 6) is -0.225. The summed E-state index contributed by atoms with van der Waals surface area (Å²) in [6.45, 7) is 1.42. The minimum absolute atomic E-state index is 0.258. The number of rotatable bonds is 4. The van der Waals surface area contributed by atoms with E-state index in [9.17, 15) is 9.59 Å². The van der Waals surface area contributed by atoms with Crippen molar-refractivity contribution in [1.29, 1.82) is 0 Å². The predicted molar refractivity (Wildman–Crippen MR) is 113 cm³/mol. The van der Waals surface area contributed by atoms with Gasteiger partial charge in [0, 0.05) is 35.0 Å². The van der Waals surface area contributed by atoms with Gasteiger partial charge in [-0.15, -0.1) is 5.10 Å². The molecule has 7 nitrogen and oxygen atoms in total. The number of pyridine rings is 1. The van der Waals surface area contributed by atoms with Crippen LogP contribution in [0.5, 0.6) is 0 Å². The highest BCUT2D eigenvalue weighted by molar-refractivity contribution is 6.31. The van der Waals surface area contributed by atoms with Crippen molar-refractivity contribution in [3.63, 3.8) is 0 Å². The van der Waals surface area contributed by atoms with Gasteiger partial charge < -0.3 is 10.1 Å². The number of carbonyl (C=O) groups is 2. The van der Waals surface area contributed by atoms with E-state index in [2.05, 4.69) is 15.4 Å². The summed E-state index contributed by atoms with van der Waals surface area (Å²) in [5.41, 5.74) is 2.31. The summed E-state index contributed by atoms with van der Waals surface area (Å²) in [5, 5.41) is 8.86. The topological polar surface area (TPSA) is 83.9 Å². The van der Waals surface area contributed by atoms with E-state index in [0.29, 0.717) is 33.4 Å². The highest BCUT2D eigenvalue weighted by Gasteiger charge is 2.33. The number of hydrogen-bond donors (Lipinski definition) is 1. The van der Waals surface area contributed by atoms with Gasteiger partial charge in [-0.05, 0) is 54.6 Å². The van der Waals surface area contributed by atoms with Crippen LogP contribution in [0.25, 0.3) is 0 Å². The molecule has 0 aliphatic carbocycles. The van der Waals surface area contributed by atoms with Crippen molar-refractivity contribution < 1.29 is 14.3 Å². The normalized spacial score (nSPS) is 15.3. The Bertz CT molecular complexity index is 1120. The Morgan fingerprint density at radius 1 is 1.07 bits per heavy atom. The van der Waals surface area contributed by atoms with E-state index < -0.39 is 6.23 Å². The first-order chi connectivity index (χ1) is 14.5. The Hall–Kier alpha value is -3.71. The maximum atomic E-state index is 12.4. The molecular formula is C22H17ClN4O3. The highest BCUT2D eigenvalue weighted by atomic mass is 35.5. The Labute approximate surface area is 177 Å². The average molecular weight is 421 g/mol. The van der Waals surface area contributed by atoms with Crippen LogP contribution in [-0.4, -0.2) is 27.7 Å². The lowest BCUT2D eigenvalue weighted by Crippen LogP contribution is -2.25. The second-order valence-electron chi connectivity index (χ2n) is 6.54. The minimum atomic E-state index is -0.721. The van der Waals surface area contributed by atoms with Crippen LogP contribution >= 0.6 is 11.6 Å². The van der Waals surface area contributed by atoms with Gasteiger partial charge >= 0.3 is 0 Å². The number of hydrazone groups is 1. The lowest BCUT2D eigenvalue weighted by Gasteiger charge is -2.18. The molecule has 3 aromatic rings. The van der Waals surface area contributed by atoms with Crippen molar-refractivity contribution in [2.75, 3.05) is 5.32 Å². The largest absolute Gasteiger partial charge is 0.444 e. The molecule has 2 aromatic carbocycles. The third kappa shape index (κ3) is 4.16. The number of amides is 2. The molecule has 0 bridgehead atoms. The van der Waals surface area contributed by atoms with E-state index in [1.165, 1.54) is 11.9 Å². The zero-order valence-electron chi connectivity index (χ0n) is 15.9. The molecule has 1 atom stereocenters. The molecule has 1 aliphatic rings. The zero-order chi connectivity index (χ0) is 21.1. The molecule has 4 rings (SSSR count). The van der Waals surface area contributed by atoms with Gasteiger partial charge in [0.25, 0.3) is 5.91 Å². The Morgan fingerprint density at radius 2 is 1.87 bits per heavy atom. The van der Waals surface area contributed by atoms with Crippen molar-refractivity contribution >= 4 is 35.0 Å². The number of nitrogens with one attached hydrogen (secondary N) is 1. The average Bonchev–Trinajstić information content (AvgIpc) is 3.21. The van der Waals surface area contributed by atoms with Gasteiger partial charge in [-0.1, -0.05) is 23.7 Å². The van der Waals surface area contributed by atoms with Gasteiger partial charge in [0.2, 0.25) is 18.0 Å². The second kappa shape index (κ2) is 8.34. The number of hydrogen-bond acceptors (Lipinski definition) is 5. The van der Waals surface area contributed by atoms with E-state index in [1.807, 2.05) is 6.07 Å². The molecule has 150 valence electrons. The fraction of sp³-hybridized carbons (Fsp3) is 0.0909. The number of anilines is 1. The van der Waals surface area contributed by atoms with E-state index in [1.54, 1.807) is 66.9 Å². The number of nitrogens with zero attached hydrogens (tertiary/aromatic N) is 3. The van der Waals surface area contributed by atoms with Crippen molar-refractivity contribution in [1.82, 2.24) is 9.99 Å². The molecule has 1 aromatic heterocycles. The molecular weight excluding hydrogens is 404 g/mol. The fourth-order valence-corrected chi connectivity index (χ4v) is 3.12. The van der Waals surface area contributed by atoms with Crippen LogP contribution in [0.15, 0.2) is 78.0 Å². The smallest absolute Gasteiger partial charge is 0.255 e. The summed E-state index contributed by atoms with van der Waals surface area (Å²) in [7, 11) is 0. The first kappa shape index (κ1) is 19.6. The standard InChI is InChI=1S/C22H17ClN4O3/c1-14(28)27-22(19-7-2-3-12-24-19)30-21(26-27)15-8-10-18(11-9-15)25-20(29)16-5-4-6-17(23)13-16/h2-13,22H,1H3,(H,25,29)/t22-/m0/s1. The monoisotopic (exact) mass is 420 g/mol. The molecule has 0 spiro atoms. The molecule has 1 aliphatic heterocycles. The summed E-state index contributed by atoms with van der Waals surface area (Å²) in [6.07, 6.45) is 0.910. The molecule has 0 unspecified atom stereocenters. The number of carbonyl (C=O) groups excluding carboxylic acids is 2. The van der Waals surface area contributed by atoms with Crippen molar-refractivity contribution in [3.05, 3.63) is 94.8 Å². The van der Waals surface area contributed by atoms with Gasteiger partial charge in [-0.2, -0.15) is 5.01 Å². The summed E-state index contributed by atoms with van der Waals surface area (Å²) < 4.78 is 5.90. The molecule has 8 heteroatoms. The van der Waals surface area contributed by atoms with E-state index in [-0.39, 0.29) is 11.8 Å². The first-order valence-electron chi connectivity index (χ1n) is 9.14. The Morgan fingerprint density at radius 3 is 2.53 bits per heavy atom. The maximum Gasteiger partial charge on any atom is 0.255 e. The van der Waals surface area contributed by atoms with Crippen LogP contribution in [0, 0.1) is 0 Å². The van der Waals surface area contributed by atoms with Gasteiger partial charge in [0.15, 0.2) is 0 Å².